The van der Waals surface area contributed by atoms with E-state index in [4.69, 9.17) is 0 Å². The molecule has 1 aromatic heterocycles. The van der Waals surface area contributed by atoms with Gasteiger partial charge in [-0.1, -0.05) is 39.5 Å². The molecular weight excluding hydrogens is 188 g/mol. The van der Waals surface area contributed by atoms with Gasteiger partial charge in [-0.3, -0.25) is 0 Å². The molecule has 0 N–H and O–H groups in total. The molecule has 0 radical (unpaired) electrons. The van der Waals surface area contributed by atoms with Crippen LogP contribution in [0.25, 0.3) is 0 Å². The van der Waals surface area contributed by atoms with Gasteiger partial charge in [0.15, 0.2) is 0 Å². The second-order valence-electron chi connectivity index (χ2n) is 3.89. The Bertz CT molecular complexity index is 237. The van der Waals surface area contributed by atoms with Crippen LogP contribution in [0.5, 0.6) is 0 Å². The SMILES string of the molecule is CCCCCCCc1ccc(CC)s1. The summed E-state index contributed by atoms with van der Waals surface area (Å²) in [6.07, 6.45) is 9.46. The van der Waals surface area contributed by atoms with Crippen LogP contribution >= 0.6 is 11.3 Å². The van der Waals surface area contributed by atoms with Gasteiger partial charge in [-0.25, -0.2) is 0 Å². The zero-order valence-corrected chi connectivity index (χ0v) is 10.3. The molecule has 0 bridgehead atoms. The van der Waals surface area contributed by atoms with Crippen LogP contribution < -0.4 is 0 Å². The maximum Gasteiger partial charge on any atom is 0.00481 e. The predicted octanol–water partition coefficient (Wildman–Crippen LogP) is 4.82. The maximum absolute atomic E-state index is 2.31. The summed E-state index contributed by atoms with van der Waals surface area (Å²) < 4.78 is 0. The van der Waals surface area contributed by atoms with Crippen LogP contribution in [0, 0.1) is 0 Å². The summed E-state index contributed by atoms with van der Waals surface area (Å²) in [6, 6.07) is 4.59. The molecule has 1 rings (SSSR count). The second-order valence-corrected chi connectivity index (χ2v) is 5.14. The zero-order valence-electron chi connectivity index (χ0n) is 9.51. The molecule has 1 heteroatoms. The van der Waals surface area contributed by atoms with Gasteiger partial charge in [0.1, 0.15) is 0 Å². The average molecular weight is 210 g/mol. The van der Waals surface area contributed by atoms with Gasteiger partial charge in [0.2, 0.25) is 0 Å². The van der Waals surface area contributed by atoms with E-state index in [0.29, 0.717) is 0 Å². The third-order valence-corrected chi connectivity index (χ3v) is 3.88. The van der Waals surface area contributed by atoms with Crippen LogP contribution in [0.4, 0.5) is 0 Å². The van der Waals surface area contributed by atoms with Crippen LogP contribution in [-0.4, -0.2) is 0 Å². The van der Waals surface area contributed by atoms with Gasteiger partial charge in [-0.2, -0.15) is 0 Å². The van der Waals surface area contributed by atoms with E-state index in [-0.39, 0.29) is 0 Å². The van der Waals surface area contributed by atoms with Crippen molar-refractivity contribution in [1.82, 2.24) is 0 Å². The lowest BCUT2D eigenvalue weighted by Crippen LogP contribution is -1.81. The summed E-state index contributed by atoms with van der Waals surface area (Å²) in [5.74, 6) is 0. The molecule has 14 heavy (non-hydrogen) atoms. The number of rotatable bonds is 7. The van der Waals surface area contributed by atoms with Crippen molar-refractivity contribution in [2.75, 3.05) is 0 Å². The molecule has 0 aliphatic heterocycles. The molecule has 0 amide bonds. The summed E-state index contributed by atoms with van der Waals surface area (Å²) >= 11 is 2.00. The Labute approximate surface area is 92.4 Å². The zero-order chi connectivity index (χ0) is 10.2. The Morgan fingerprint density at radius 2 is 1.64 bits per heavy atom. The standard InChI is InChI=1S/C13H22S/c1-3-5-6-7-8-9-13-11-10-12(4-2)14-13/h10-11H,3-9H2,1-2H3. The predicted molar refractivity (Wildman–Crippen MR) is 66.2 cm³/mol. The van der Waals surface area contributed by atoms with Gasteiger partial charge < -0.3 is 0 Å². The number of aryl methyl sites for hydroxylation is 2. The highest BCUT2D eigenvalue weighted by molar-refractivity contribution is 7.11. The van der Waals surface area contributed by atoms with Crippen LogP contribution in [0.2, 0.25) is 0 Å². The lowest BCUT2D eigenvalue weighted by Gasteiger charge is -1.97. The van der Waals surface area contributed by atoms with E-state index in [9.17, 15) is 0 Å². The topological polar surface area (TPSA) is 0 Å². The van der Waals surface area contributed by atoms with E-state index in [0.717, 1.165) is 0 Å². The highest BCUT2D eigenvalue weighted by Gasteiger charge is 1.98. The largest absolute Gasteiger partial charge is 0.145 e. The highest BCUT2D eigenvalue weighted by Crippen LogP contribution is 2.19. The Balaban J connectivity index is 2.12. The Hall–Kier alpha value is -0.300. The van der Waals surface area contributed by atoms with Gasteiger partial charge in [-0.15, -0.1) is 11.3 Å². The van der Waals surface area contributed by atoms with E-state index in [1.807, 2.05) is 11.3 Å². The van der Waals surface area contributed by atoms with Crippen LogP contribution in [0.3, 0.4) is 0 Å². The molecule has 1 heterocycles. The van der Waals surface area contributed by atoms with Crippen molar-refractivity contribution in [3.63, 3.8) is 0 Å². The van der Waals surface area contributed by atoms with Crippen LogP contribution in [0.15, 0.2) is 12.1 Å². The summed E-state index contributed by atoms with van der Waals surface area (Å²) in [4.78, 5) is 3.12. The molecule has 0 unspecified atom stereocenters. The minimum atomic E-state index is 1.19. The minimum absolute atomic E-state index is 1.19. The summed E-state index contributed by atoms with van der Waals surface area (Å²) in [7, 11) is 0. The molecule has 0 aromatic carbocycles. The Morgan fingerprint density at radius 3 is 2.29 bits per heavy atom. The lowest BCUT2D eigenvalue weighted by molar-refractivity contribution is 0.634. The summed E-state index contributed by atoms with van der Waals surface area (Å²) in [5.41, 5.74) is 0. The molecule has 0 spiro atoms. The van der Waals surface area contributed by atoms with E-state index < -0.39 is 0 Å². The van der Waals surface area contributed by atoms with Gasteiger partial charge in [0, 0.05) is 9.75 Å². The molecule has 0 nitrogen and oxygen atoms in total. The minimum Gasteiger partial charge on any atom is -0.145 e. The highest BCUT2D eigenvalue weighted by atomic mass is 32.1. The molecule has 1 aromatic rings. The number of hydrogen-bond donors (Lipinski definition) is 0. The lowest BCUT2D eigenvalue weighted by atomic mass is 10.1. The fourth-order valence-corrected chi connectivity index (χ4v) is 2.65. The fourth-order valence-electron chi connectivity index (χ4n) is 1.65. The Morgan fingerprint density at radius 1 is 0.929 bits per heavy atom. The first-order chi connectivity index (χ1) is 6.86. The van der Waals surface area contributed by atoms with E-state index in [2.05, 4.69) is 26.0 Å². The molecule has 0 fully saturated rings. The average Bonchev–Trinajstić information content (AvgIpc) is 2.65. The van der Waals surface area contributed by atoms with Crippen LogP contribution in [-0.2, 0) is 12.8 Å². The van der Waals surface area contributed by atoms with Gasteiger partial charge in [0.05, 0.1) is 0 Å². The second kappa shape index (κ2) is 7.05. The summed E-state index contributed by atoms with van der Waals surface area (Å²) in [5, 5.41) is 0. The normalized spacial score (nSPS) is 10.7. The first-order valence-electron chi connectivity index (χ1n) is 5.94. The first kappa shape index (κ1) is 11.8. The van der Waals surface area contributed by atoms with Crippen molar-refractivity contribution in [2.24, 2.45) is 0 Å². The third kappa shape index (κ3) is 4.28. The van der Waals surface area contributed by atoms with Crippen molar-refractivity contribution in [1.29, 1.82) is 0 Å². The van der Waals surface area contributed by atoms with Crippen molar-refractivity contribution < 1.29 is 0 Å². The summed E-state index contributed by atoms with van der Waals surface area (Å²) in [6.45, 7) is 4.50. The van der Waals surface area contributed by atoms with Crippen molar-refractivity contribution in [2.45, 2.75) is 58.8 Å². The maximum atomic E-state index is 2.31. The molecule has 0 aliphatic rings. The van der Waals surface area contributed by atoms with E-state index in [1.54, 1.807) is 4.88 Å². The third-order valence-electron chi connectivity index (χ3n) is 2.59. The van der Waals surface area contributed by atoms with Crippen molar-refractivity contribution in [3.05, 3.63) is 21.9 Å². The van der Waals surface area contributed by atoms with E-state index in [1.165, 1.54) is 49.8 Å². The molecular formula is C13H22S. The number of hydrogen-bond acceptors (Lipinski definition) is 1. The smallest absolute Gasteiger partial charge is 0.00481 e. The molecule has 0 saturated heterocycles. The molecule has 0 saturated carbocycles. The van der Waals surface area contributed by atoms with Crippen molar-refractivity contribution >= 4 is 11.3 Å². The molecule has 80 valence electrons. The monoisotopic (exact) mass is 210 g/mol. The van der Waals surface area contributed by atoms with Gasteiger partial charge >= 0.3 is 0 Å². The number of unbranched alkanes of at least 4 members (excludes halogenated alkanes) is 4. The number of thiophene rings is 1. The van der Waals surface area contributed by atoms with Crippen molar-refractivity contribution in [3.8, 4) is 0 Å². The van der Waals surface area contributed by atoms with E-state index >= 15 is 0 Å². The molecule has 0 atom stereocenters. The van der Waals surface area contributed by atoms with Crippen LogP contribution in [0.1, 0.15) is 55.7 Å². The Kier molecular flexibility index (Phi) is 5.93. The fraction of sp³-hybridized carbons (Fsp3) is 0.692. The van der Waals surface area contributed by atoms with Gasteiger partial charge in [-0.05, 0) is 31.4 Å². The molecule has 0 aliphatic carbocycles. The quantitative estimate of drug-likeness (QED) is 0.566. The first-order valence-corrected chi connectivity index (χ1v) is 6.76. The van der Waals surface area contributed by atoms with Gasteiger partial charge in [0.25, 0.3) is 0 Å².